The van der Waals surface area contributed by atoms with Gasteiger partial charge in [-0.25, -0.2) is 33.7 Å². The molecule has 19 heteroatoms. The molecule has 8 heterocycles. The van der Waals surface area contributed by atoms with E-state index in [-0.39, 0.29) is 11.8 Å². The van der Waals surface area contributed by atoms with Crippen molar-refractivity contribution in [2.24, 2.45) is 14.1 Å². The number of pyridine rings is 3. The number of nitrogens with one attached hydrogen (secondary N) is 3. The number of ether oxygens (including phenoxy) is 2. The summed E-state index contributed by atoms with van der Waals surface area (Å²) in [5.41, 5.74) is 10.6. The summed E-state index contributed by atoms with van der Waals surface area (Å²) in [7, 11) is 3.42. The maximum absolute atomic E-state index is 13.2. The molecule has 81 heavy (non-hydrogen) atoms. The number of anilines is 2. The quantitative estimate of drug-likeness (QED) is 0.128. The van der Waals surface area contributed by atoms with Gasteiger partial charge in [0, 0.05) is 102 Å². The van der Waals surface area contributed by atoms with Gasteiger partial charge in [-0.1, -0.05) is 84.4 Å². The summed E-state index contributed by atoms with van der Waals surface area (Å²) >= 11 is 6.04. The van der Waals surface area contributed by atoms with Gasteiger partial charge in [0.1, 0.15) is 39.4 Å². The SMILES string of the molecule is Cc1ccccc1-c1cc2cnc(Cl)cc2n1C(=O)OC(C)(C)C.Cc1ccccc1-c1cc2cnc(NC(=O)c3ccnn3C)cc2[nH]1.Cc1ccccc1-c1cc2cnc(NC(=O)c3ccnn3C)cc2n1C(=O)OC(C)(C)C. The van der Waals surface area contributed by atoms with Crippen LogP contribution < -0.4 is 10.6 Å². The van der Waals surface area contributed by atoms with Gasteiger partial charge < -0.3 is 25.1 Å². The molecule has 3 aromatic carbocycles. The standard InChI is InChI=1S/C24H25N5O3.C19H19ClN2O2.C19H17N5O/c1-15-8-6-7-9-17(15)20-12-16-14-25-21(27-22(30)18-10-11-26-28(18)5)13-19(16)29(20)23(31)32-24(2,3)4;1-12-7-5-6-8-14(12)16-9-13-11-21-17(20)10-15(13)22(16)18(23)24-19(2,3)4;1-12-5-3-4-6-14(12)16-9-13-11-20-18(10-15(13)22-16)23-19(25)17-7-8-21-24(17)2/h6-14H,1-5H3,(H,25,27,30);5-11H,1-4H3;3-11,22H,1-2H3,(H,20,23,25). The molecule has 8 aromatic heterocycles. The Bertz CT molecular complexity index is 4170. The number of hydrogen-bond donors (Lipinski definition) is 3. The van der Waals surface area contributed by atoms with Gasteiger partial charge in [0.25, 0.3) is 11.8 Å². The average Bonchev–Trinajstić information content (AvgIpc) is 4.48. The van der Waals surface area contributed by atoms with E-state index in [1.807, 2.05) is 134 Å². The maximum atomic E-state index is 13.2. The van der Waals surface area contributed by atoms with Crippen molar-refractivity contribution in [2.45, 2.75) is 73.5 Å². The smallest absolute Gasteiger partial charge is 0.419 e. The summed E-state index contributed by atoms with van der Waals surface area (Å²) in [6.45, 7) is 17.1. The van der Waals surface area contributed by atoms with Crippen molar-refractivity contribution in [3.63, 3.8) is 0 Å². The molecule has 2 amide bonds. The van der Waals surface area contributed by atoms with Crippen LogP contribution in [-0.2, 0) is 23.6 Å². The van der Waals surface area contributed by atoms with Gasteiger partial charge in [-0.05, 0) is 109 Å². The van der Waals surface area contributed by atoms with Crippen LogP contribution in [0.15, 0.2) is 152 Å². The van der Waals surface area contributed by atoms with E-state index in [4.69, 9.17) is 21.1 Å². The Morgan fingerprint density at radius 1 is 0.519 bits per heavy atom. The van der Waals surface area contributed by atoms with Crippen molar-refractivity contribution >= 4 is 79.9 Å². The third-order valence-corrected chi connectivity index (χ3v) is 13.1. The monoisotopic (exact) mass is 1100 g/mol. The number of rotatable bonds is 7. The lowest BCUT2D eigenvalue weighted by Gasteiger charge is -2.21. The van der Waals surface area contributed by atoms with Crippen molar-refractivity contribution in [3.8, 4) is 33.8 Å². The number of aryl methyl sites for hydroxylation is 5. The Morgan fingerprint density at radius 3 is 1.38 bits per heavy atom. The van der Waals surface area contributed by atoms with Crippen LogP contribution in [0.4, 0.5) is 21.2 Å². The van der Waals surface area contributed by atoms with Gasteiger partial charge in [0.05, 0.1) is 27.9 Å². The Hall–Kier alpha value is -9.68. The predicted octanol–water partition coefficient (Wildman–Crippen LogP) is 13.8. The molecule has 0 spiro atoms. The lowest BCUT2D eigenvalue weighted by Crippen LogP contribution is -2.27. The number of H-pyrrole nitrogens is 1. The number of carbonyl (C=O) groups excluding carboxylic acids is 4. The summed E-state index contributed by atoms with van der Waals surface area (Å²) in [6, 6.07) is 38.3. The van der Waals surface area contributed by atoms with E-state index in [0.29, 0.717) is 44.9 Å². The van der Waals surface area contributed by atoms with Crippen LogP contribution in [0.25, 0.3) is 66.5 Å². The number of aromatic nitrogens is 10. The highest BCUT2D eigenvalue weighted by molar-refractivity contribution is 6.30. The molecule has 0 bridgehead atoms. The number of hydrogen-bond acceptors (Lipinski definition) is 11. The highest BCUT2D eigenvalue weighted by atomic mass is 35.5. The van der Waals surface area contributed by atoms with Gasteiger partial charge in [0.15, 0.2) is 0 Å². The number of amides is 2. The Morgan fingerprint density at radius 2 is 0.938 bits per heavy atom. The molecule has 0 aliphatic heterocycles. The van der Waals surface area contributed by atoms with Crippen LogP contribution in [-0.4, -0.2) is 83.8 Å². The lowest BCUT2D eigenvalue weighted by atomic mass is 10.1. The minimum absolute atomic E-state index is 0.238. The van der Waals surface area contributed by atoms with Crippen molar-refractivity contribution in [1.82, 2.24) is 48.6 Å². The zero-order chi connectivity index (χ0) is 57.9. The highest BCUT2D eigenvalue weighted by Crippen LogP contribution is 2.34. The fourth-order valence-electron chi connectivity index (χ4n) is 9.04. The number of aromatic amines is 1. The molecule has 0 saturated heterocycles. The number of nitrogens with zero attached hydrogens (tertiary/aromatic N) is 9. The first-order chi connectivity index (χ1) is 38.5. The van der Waals surface area contributed by atoms with Gasteiger partial charge in [0.2, 0.25) is 0 Å². The molecule has 18 nitrogen and oxygen atoms in total. The van der Waals surface area contributed by atoms with E-state index in [1.165, 1.54) is 19.5 Å². The van der Waals surface area contributed by atoms with Gasteiger partial charge in [-0.15, -0.1) is 0 Å². The molecular weight excluding hydrogens is 1040 g/mol. The van der Waals surface area contributed by atoms with E-state index in [1.54, 1.807) is 73.9 Å². The van der Waals surface area contributed by atoms with Crippen LogP contribution in [0, 0.1) is 20.8 Å². The molecule has 0 aliphatic rings. The molecule has 0 atom stereocenters. The first-order valence-electron chi connectivity index (χ1n) is 25.9. The second kappa shape index (κ2) is 23.0. The molecule has 0 saturated carbocycles. The summed E-state index contributed by atoms with van der Waals surface area (Å²) in [6.07, 6.45) is 7.27. The number of carbonyl (C=O) groups is 4. The number of benzene rings is 3. The second-order valence-electron chi connectivity index (χ2n) is 21.3. The summed E-state index contributed by atoms with van der Waals surface area (Å²) in [5.74, 6) is 0.240. The molecule has 0 radical (unpaired) electrons. The van der Waals surface area contributed by atoms with Crippen LogP contribution >= 0.6 is 11.6 Å². The number of fused-ring (bicyclic) bond motifs is 3. The molecule has 412 valence electrons. The van der Waals surface area contributed by atoms with Crippen LogP contribution in [0.1, 0.15) is 79.2 Å². The van der Waals surface area contributed by atoms with Crippen LogP contribution in [0.2, 0.25) is 5.15 Å². The molecule has 0 aliphatic carbocycles. The third-order valence-electron chi connectivity index (χ3n) is 12.9. The van der Waals surface area contributed by atoms with Crippen molar-refractivity contribution in [2.75, 3.05) is 10.6 Å². The summed E-state index contributed by atoms with van der Waals surface area (Å²) in [5, 5.41) is 16.5. The normalized spacial score (nSPS) is 11.4. The third kappa shape index (κ3) is 12.8. The van der Waals surface area contributed by atoms with Crippen LogP contribution in [0.3, 0.4) is 0 Å². The maximum Gasteiger partial charge on any atom is 0.419 e. The minimum Gasteiger partial charge on any atom is -0.443 e. The summed E-state index contributed by atoms with van der Waals surface area (Å²) < 4.78 is 17.4. The highest BCUT2D eigenvalue weighted by Gasteiger charge is 2.26. The predicted molar refractivity (Wildman–Crippen MR) is 317 cm³/mol. The minimum atomic E-state index is -0.666. The van der Waals surface area contributed by atoms with Crippen molar-refractivity contribution in [3.05, 3.63) is 186 Å². The van der Waals surface area contributed by atoms with Crippen molar-refractivity contribution in [1.29, 1.82) is 0 Å². The van der Waals surface area contributed by atoms with E-state index < -0.39 is 23.4 Å². The molecular formula is C62H61ClN12O6. The molecule has 11 rings (SSSR count). The van der Waals surface area contributed by atoms with E-state index in [0.717, 1.165) is 60.9 Å². The lowest BCUT2D eigenvalue weighted by molar-refractivity contribution is 0.0535. The Labute approximate surface area is 472 Å². The Balaban J connectivity index is 0.000000149. The zero-order valence-electron chi connectivity index (χ0n) is 46.8. The first-order valence-corrected chi connectivity index (χ1v) is 26.3. The molecule has 3 N–H and O–H groups in total. The van der Waals surface area contributed by atoms with Crippen molar-refractivity contribution < 1.29 is 28.7 Å². The molecule has 0 fully saturated rings. The summed E-state index contributed by atoms with van der Waals surface area (Å²) in [4.78, 5) is 67.2. The first kappa shape index (κ1) is 56.1. The van der Waals surface area contributed by atoms with Gasteiger partial charge in [-0.3, -0.25) is 19.0 Å². The van der Waals surface area contributed by atoms with Gasteiger partial charge in [-0.2, -0.15) is 10.2 Å². The molecule has 11 aromatic rings. The second-order valence-corrected chi connectivity index (χ2v) is 21.6. The Kier molecular flexibility index (Phi) is 15.9. The topological polar surface area (TPSA) is 211 Å². The van der Waals surface area contributed by atoms with Crippen LogP contribution in [0.5, 0.6) is 0 Å². The van der Waals surface area contributed by atoms with Gasteiger partial charge >= 0.3 is 12.2 Å². The van der Waals surface area contributed by atoms with E-state index >= 15 is 0 Å². The zero-order valence-corrected chi connectivity index (χ0v) is 47.5. The largest absolute Gasteiger partial charge is 0.443 e. The fourth-order valence-corrected chi connectivity index (χ4v) is 9.19. The molecule has 0 unspecified atom stereocenters. The van der Waals surface area contributed by atoms with E-state index in [9.17, 15) is 19.2 Å². The fraction of sp³-hybridized carbons (Fsp3) is 0.210. The number of halogens is 1. The average molecular weight is 1110 g/mol. The van der Waals surface area contributed by atoms with E-state index in [2.05, 4.69) is 65.9 Å².